The maximum Gasteiger partial charge on any atom is 0.308 e. The summed E-state index contributed by atoms with van der Waals surface area (Å²) in [6.45, 7) is 10.2. The first-order valence-electron chi connectivity index (χ1n) is 16.1. The lowest BCUT2D eigenvalue weighted by atomic mass is 9.48. The minimum absolute atomic E-state index is 0.00221. The van der Waals surface area contributed by atoms with Crippen LogP contribution in [-0.4, -0.2) is 70.2 Å². The molecule has 2 saturated carbocycles. The monoisotopic (exact) mass is 584 g/mol. The minimum Gasteiger partial charge on any atom is -0.483 e. The molecule has 3 fully saturated rings. The number of amides is 1. The molecule has 1 spiro atoms. The first kappa shape index (κ1) is 28.6. The lowest BCUT2D eigenvalue weighted by Crippen LogP contribution is -2.78. The predicted octanol–water partition coefficient (Wildman–Crippen LogP) is 5.05. The fourth-order valence-electron chi connectivity index (χ4n) is 8.82. The van der Waals surface area contributed by atoms with E-state index in [-0.39, 0.29) is 23.9 Å². The second-order valence-corrected chi connectivity index (χ2v) is 14.1. The number of esters is 1. The highest BCUT2D eigenvalue weighted by Gasteiger charge is 2.73. The zero-order chi connectivity index (χ0) is 30.1. The third kappa shape index (κ3) is 4.62. The van der Waals surface area contributed by atoms with E-state index in [4.69, 9.17) is 9.47 Å². The maximum atomic E-state index is 14.0. The van der Waals surface area contributed by atoms with E-state index in [1.807, 2.05) is 42.2 Å². The number of aliphatic hydroxyl groups is 1. The second-order valence-electron chi connectivity index (χ2n) is 14.1. The van der Waals surface area contributed by atoms with E-state index in [0.29, 0.717) is 30.9 Å². The molecule has 0 unspecified atom stereocenters. The van der Waals surface area contributed by atoms with E-state index in [1.165, 1.54) is 25.3 Å². The Bertz CT molecular complexity index is 1480. The van der Waals surface area contributed by atoms with Gasteiger partial charge in [0.1, 0.15) is 6.10 Å². The number of nitrogens with zero attached hydrogens (tertiary/aromatic N) is 2. The smallest absolute Gasteiger partial charge is 0.308 e. The topological polar surface area (TPSA) is 79.3 Å². The highest BCUT2D eigenvalue weighted by Crippen LogP contribution is 2.66. The molecule has 1 saturated heterocycles. The van der Waals surface area contributed by atoms with E-state index in [0.717, 1.165) is 48.5 Å². The van der Waals surface area contributed by atoms with E-state index < -0.39 is 23.1 Å². The van der Waals surface area contributed by atoms with Crippen LogP contribution in [0.3, 0.4) is 0 Å². The molecular weight excluding hydrogens is 540 g/mol. The van der Waals surface area contributed by atoms with Crippen molar-refractivity contribution in [1.82, 2.24) is 9.80 Å². The number of hydrogen-bond acceptors (Lipinski definition) is 6. The Balaban J connectivity index is 1.30. The molecule has 0 radical (unpaired) electrons. The van der Waals surface area contributed by atoms with Crippen LogP contribution in [0.2, 0.25) is 0 Å². The second kappa shape index (κ2) is 10.5. The van der Waals surface area contributed by atoms with Gasteiger partial charge in [0.25, 0.3) is 0 Å². The third-order valence-electron chi connectivity index (χ3n) is 10.7. The number of carbonyl (C=O) groups excluding carboxylic acids is 2. The van der Waals surface area contributed by atoms with E-state index in [9.17, 15) is 14.7 Å². The van der Waals surface area contributed by atoms with Gasteiger partial charge in [-0.05, 0) is 87.1 Å². The van der Waals surface area contributed by atoms with Crippen molar-refractivity contribution in [2.45, 2.75) is 95.4 Å². The molecule has 2 heterocycles. The molecule has 0 aromatic heterocycles. The Kier molecular flexibility index (Phi) is 6.97. The highest BCUT2D eigenvalue weighted by molar-refractivity contribution is 5.92. The molecule has 2 aliphatic heterocycles. The zero-order valence-corrected chi connectivity index (χ0v) is 25.8. The molecule has 228 valence electrons. The van der Waals surface area contributed by atoms with E-state index in [2.05, 4.69) is 30.9 Å². The van der Waals surface area contributed by atoms with Gasteiger partial charge in [-0.15, -0.1) is 0 Å². The maximum absolute atomic E-state index is 14.0. The largest absolute Gasteiger partial charge is 0.483 e. The molecular formula is C36H44N2O5. The van der Waals surface area contributed by atoms with Gasteiger partial charge in [0.2, 0.25) is 5.91 Å². The van der Waals surface area contributed by atoms with Gasteiger partial charge < -0.3 is 19.5 Å². The van der Waals surface area contributed by atoms with Crippen LogP contribution in [0, 0.1) is 18.8 Å². The Morgan fingerprint density at radius 2 is 2.00 bits per heavy atom. The number of hydrogen-bond donors (Lipinski definition) is 1. The lowest BCUT2D eigenvalue weighted by Gasteiger charge is -2.65. The van der Waals surface area contributed by atoms with Gasteiger partial charge in [0.05, 0.1) is 17.1 Å². The molecule has 7 nitrogen and oxygen atoms in total. The van der Waals surface area contributed by atoms with Crippen molar-refractivity contribution >= 4 is 18.0 Å². The molecule has 5 aliphatic rings. The molecule has 5 atom stereocenters. The SMILES string of the molecule is CC(=O)Oc1ccc2c3c1O[C@H]1[C@H](N(CC(C)C)C(=O)C=Cc4cccc(C)c4)CC[C@@]4(O)[C@@H](C2)N(CC2CC2)CC[C@]314. The summed E-state index contributed by atoms with van der Waals surface area (Å²) in [4.78, 5) is 30.7. The molecule has 3 aliphatic carbocycles. The van der Waals surface area contributed by atoms with Gasteiger partial charge in [0, 0.05) is 37.7 Å². The standard InChI is InChI=1S/C36H44N2O5/c1-22(2)20-38(31(40)13-10-25-7-5-6-23(3)18-25)28-14-15-36(41)30-19-27-11-12-29(42-24(4)39)33-32(27)35(36,34(28)43-33)16-17-37(30)21-26-8-9-26/h5-7,10-13,18,22,26,28,30,34,41H,8-9,14-17,19-21H2,1-4H3/t28-,30-,34+,35+,36-/m1/s1. The Morgan fingerprint density at radius 3 is 2.72 bits per heavy atom. The van der Waals surface area contributed by atoms with Crippen LogP contribution in [0.15, 0.2) is 42.5 Å². The Hall–Kier alpha value is -3.16. The van der Waals surface area contributed by atoms with Crippen LogP contribution in [-0.2, 0) is 21.4 Å². The number of carbonyl (C=O) groups is 2. The van der Waals surface area contributed by atoms with Gasteiger partial charge in [0.15, 0.2) is 11.5 Å². The quantitative estimate of drug-likeness (QED) is 0.266. The molecule has 43 heavy (non-hydrogen) atoms. The number of likely N-dealkylation sites (tertiary alicyclic amines) is 1. The summed E-state index contributed by atoms with van der Waals surface area (Å²) in [6, 6.07) is 11.8. The number of piperidine rings is 1. The van der Waals surface area contributed by atoms with Crippen LogP contribution in [0.4, 0.5) is 0 Å². The number of benzene rings is 2. The molecule has 1 amide bonds. The zero-order valence-electron chi connectivity index (χ0n) is 25.8. The Labute approximate surface area is 254 Å². The molecule has 2 aromatic carbocycles. The van der Waals surface area contributed by atoms with Crippen molar-refractivity contribution < 1.29 is 24.2 Å². The molecule has 7 heteroatoms. The molecule has 2 aromatic rings. The fraction of sp³-hybridized carbons (Fsp3) is 0.556. The molecule has 2 bridgehead atoms. The summed E-state index contributed by atoms with van der Waals surface area (Å²) < 4.78 is 12.6. The van der Waals surface area contributed by atoms with Gasteiger partial charge in [-0.25, -0.2) is 0 Å². The van der Waals surface area contributed by atoms with E-state index >= 15 is 0 Å². The van der Waals surface area contributed by atoms with E-state index in [1.54, 1.807) is 6.08 Å². The first-order chi connectivity index (χ1) is 20.6. The highest BCUT2D eigenvalue weighted by atomic mass is 16.6. The Morgan fingerprint density at radius 1 is 1.19 bits per heavy atom. The molecule has 7 rings (SSSR count). The average Bonchev–Trinajstić information content (AvgIpc) is 3.70. The number of aryl methyl sites for hydroxylation is 1. The van der Waals surface area contributed by atoms with Crippen LogP contribution >= 0.6 is 0 Å². The van der Waals surface area contributed by atoms with Gasteiger partial charge in [-0.2, -0.15) is 0 Å². The first-order valence-corrected chi connectivity index (χ1v) is 16.1. The normalized spacial score (nSPS) is 30.7. The average molecular weight is 585 g/mol. The van der Waals surface area contributed by atoms with Gasteiger partial charge >= 0.3 is 5.97 Å². The minimum atomic E-state index is -0.988. The van der Waals surface area contributed by atoms with Crippen molar-refractivity contribution in [2.75, 3.05) is 19.6 Å². The van der Waals surface area contributed by atoms with Crippen molar-refractivity contribution in [2.24, 2.45) is 11.8 Å². The van der Waals surface area contributed by atoms with Crippen LogP contribution < -0.4 is 9.47 Å². The van der Waals surface area contributed by atoms with Crippen molar-refractivity contribution in [3.05, 3.63) is 64.7 Å². The van der Waals surface area contributed by atoms with Crippen molar-refractivity contribution in [1.29, 1.82) is 0 Å². The summed E-state index contributed by atoms with van der Waals surface area (Å²) in [6.07, 6.45) is 8.46. The van der Waals surface area contributed by atoms with Crippen molar-refractivity contribution in [3.63, 3.8) is 0 Å². The van der Waals surface area contributed by atoms with Crippen LogP contribution in [0.25, 0.3) is 6.08 Å². The van der Waals surface area contributed by atoms with Crippen molar-refractivity contribution in [3.8, 4) is 11.5 Å². The van der Waals surface area contributed by atoms with Crippen LogP contribution in [0.1, 0.15) is 75.1 Å². The summed E-state index contributed by atoms with van der Waals surface area (Å²) in [7, 11) is 0. The van der Waals surface area contributed by atoms with Gasteiger partial charge in [-0.1, -0.05) is 49.7 Å². The molecule has 1 N–H and O–H groups in total. The summed E-state index contributed by atoms with van der Waals surface area (Å²) in [5.41, 5.74) is 2.67. The number of rotatable bonds is 8. The number of ether oxygens (including phenoxy) is 2. The third-order valence-corrected chi connectivity index (χ3v) is 10.7. The summed E-state index contributed by atoms with van der Waals surface area (Å²) in [5.74, 6) is 1.54. The summed E-state index contributed by atoms with van der Waals surface area (Å²) in [5, 5.41) is 12.9. The predicted molar refractivity (Wildman–Crippen MR) is 165 cm³/mol. The van der Waals surface area contributed by atoms with Gasteiger partial charge in [-0.3, -0.25) is 14.5 Å². The lowest BCUT2D eigenvalue weighted by molar-refractivity contribution is -0.201. The van der Waals surface area contributed by atoms with Crippen LogP contribution in [0.5, 0.6) is 11.5 Å². The summed E-state index contributed by atoms with van der Waals surface area (Å²) >= 11 is 0. The fourth-order valence-corrected chi connectivity index (χ4v) is 8.82.